The first-order chi connectivity index (χ1) is 30.7. The molecule has 1 aromatic heterocycles. The minimum atomic E-state index is -0.135. The molecule has 1 atom stereocenters. The molecular weight excluding hydrogens is 751 g/mol. The number of aromatic nitrogens is 2. The smallest absolute Gasteiger partial charge is 0.160 e. The summed E-state index contributed by atoms with van der Waals surface area (Å²) >= 11 is 0. The van der Waals surface area contributed by atoms with E-state index in [9.17, 15) is 0 Å². The lowest BCUT2D eigenvalue weighted by Gasteiger charge is -2.28. The molecule has 2 heterocycles. The predicted molar refractivity (Wildman–Crippen MR) is 256 cm³/mol. The monoisotopic (exact) mass is 789 g/mol. The maximum absolute atomic E-state index is 5.57. The minimum Gasteiger partial charge on any atom is -0.309 e. The van der Waals surface area contributed by atoms with Gasteiger partial charge in [0.2, 0.25) is 0 Å². The number of benzene rings is 9. The summed E-state index contributed by atoms with van der Waals surface area (Å²) in [5, 5.41) is 0. The molecule has 0 radical (unpaired) electrons. The van der Waals surface area contributed by atoms with E-state index in [0.717, 1.165) is 56.3 Å². The fourth-order valence-corrected chi connectivity index (χ4v) is 9.64. The molecule has 62 heavy (non-hydrogen) atoms. The van der Waals surface area contributed by atoms with Crippen molar-refractivity contribution in [2.24, 2.45) is 0 Å². The van der Waals surface area contributed by atoms with Crippen molar-refractivity contribution in [1.29, 1.82) is 0 Å². The molecule has 0 bridgehead atoms. The van der Waals surface area contributed by atoms with Crippen LogP contribution < -0.4 is 4.90 Å². The Kier molecular flexibility index (Phi) is 8.57. The topological polar surface area (TPSA) is 29.0 Å². The number of anilines is 3. The molecule has 0 spiro atoms. The molecule has 3 nitrogen and oxygen atoms in total. The Morgan fingerprint density at radius 1 is 0.306 bits per heavy atom. The molecule has 2 aliphatic rings. The second-order valence-electron chi connectivity index (χ2n) is 16.1. The third-order valence-electron chi connectivity index (χ3n) is 12.5. The van der Waals surface area contributed by atoms with Crippen LogP contribution in [0.2, 0.25) is 0 Å². The second-order valence-corrected chi connectivity index (χ2v) is 16.1. The van der Waals surface area contributed by atoms with Crippen LogP contribution in [0.5, 0.6) is 0 Å². The zero-order valence-electron chi connectivity index (χ0n) is 33.9. The Labute approximate surface area is 361 Å². The summed E-state index contributed by atoms with van der Waals surface area (Å²) in [5.41, 5.74) is 21.7. The Bertz CT molecular complexity index is 3200. The van der Waals surface area contributed by atoms with Gasteiger partial charge in [-0.3, -0.25) is 0 Å². The van der Waals surface area contributed by atoms with Gasteiger partial charge in [-0.2, -0.15) is 0 Å². The van der Waals surface area contributed by atoms with Crippen molar-refractivity contribution in [1.82, 2.24) is 9.97 Å². The van der Waals surface area contributed by atoms with E-state index < -0.39 is 0 Å². The molecule has 10 aromatic rings. The van der Waals surface area contributed by atoms with Gasteiger partial charge in [-0.05, 0) is 104 Å². The van der Waals surface area contributed by atoms with Crippen LogP contribution in [-0.4, -0.2) is 9.97 Å². The summed E-state index contributed by atoms with van der Waals surface area (Å²) in [7, 11) is 0. The average Bonchev–Trinajstić information content (AvgIpc) is 3.62. The van der Waals surface area contributed by atoms with Gasteiger partial charge in [-0.25, -0.2) is 9.97 Å². The van der Waals surface area contributed by atoms with E-state index in [4.69, 9.17) is 9.97 Å². The van der Waals surface area contributed by atoms with E-state index in [2.05, 4.69) is 235 Å². The van der Waals surface area contributed by atoms with E-state index in [1.165, 1.54) is 50.1 Å². The number of para-hydroxylation sites is 2. The number of hydrogen-bond acceptors (Lipinski definition) is 3. The highest BCUT2D eigenvalue weighted by Gasteiger charge is 2.35. The van der Waals surface area contributed by atoms with Gasteiger partial charge in [0.15, 0.2) is 5.82 Å². The first-order valence-corrected chi connectivity index (χ1v) is 21.3. The maximum atomic E-state index is 5.57. The Balaban J connectivity index is 1.10. The van der Waals surface area contributed by atoms with Crippen LogP contribution in [0.25, 0.3) is 78.3 Å². The summed E-state index contributed by atoms with van der Waals surface area (Å²) in [6.07, 6.45) is 0. The fourth-order valence-electron chi connectivity index (χ4n) is 9.64. The number of rotatable bonds is 6. The highest BCUT2D eigenvalue weighted by Crippen LogP contribution is 2.56. The summed E-state index contributed by atoms with van der Waals surface area (Å²) in [4.78, 5) is 13.4. The van der Waals surface area contributed by atoms with Gasteiger partial charge < -0.3 is 4.90 Å². The largest absolute Gasteiger partial charge is 0.309 e. The van der Waals surface area contributed by atoms with Gasteiger partial charge >= 0.3 is 0 Å². The normalized spacial score (nSPS) is 13.3. The van der Waals surface area contributed by atoms with Gasteiger partial charge in [0.1, 0.15) is 0 Å². The highest BCUT2D eigenvalue weighted by atomic mass is 15.1. The average molecular weight is 790 g/mol. The molecular formula is C59H39N3. The van der Waals surface area contributed by atoms with Crippen molar-refractivity contribution in [2.45, 2.75) is 5.92 Å². The van der Waals surface area contributed by atoms with Crippen LogP contribution in [0.15, 0.2) is 231 Å². The van der Waals surface area contributed by atoms with Gasteiger partial charge in [0, 0.05) is 27.9 Å². The lowest BCUT2D eigenvalue weighted by molar-refractivity contribution is 0.932. The summed E-state index contributed by atoms with van der Waals surface area (Å²) in [6.45, 7) is 0. The number of nitrogens with zero attached hydrogens (tertiary/aromatic N) is 3. The van der Waals surface area contributed by atoms with Crippen LogP contribution in [0.3, 0.4) is 0 Å². The van der Waals surface area contributed by atoms with Gasteiger partial charge in [0.05, 0.1) is 28.7 Å². The van der Waals surface area contributed by atoms with Gasteiger partial charge in [-0.15, -0.1) is 0 Å². The lowest BCUT2D eigenvalue weighted by Crippen LogP contribution is -2.11. The molecule has 9 aromatic carbocycles. The Hall–Kier alpha value is -8.14. The quantitative estimate of drug-likeness (QED) is 0.168. The van der Waals surface area contributed by atoms with E-state index in [1.807, 2.05) is 0 Å². The van der Waals surface area contributed by atoms with E-state index in [-0.39, 0.29) is 5.92 Å². The van der Waals surface area contributed by atoms with Crippen molar-refractivity contribution < 1.29 is 0 Å². The van der Waals surface area contributed by atoms with E-state index in [0.29, 0.717) is 5.82 Å². The maximum Gasteiger partial charge on any atom is 0.160 e. The first-order valence-electron chi connectivity index (χ1n) is 21.3. The van der Waals surface area contributed by atoms with Crippen molar-refractivity contribution in [3.05, 3.63) is 247 Å². The second kappa shape index (κ2) is 14.8. The molecule has 1 aliphatic carbocycles. The lowest BCUT2D eigenvalue weighted by atomic mass is 9.88. The zero-order valence-corrected chi connectivity index (χ0v) is 33.9. The molecule has 290 valence electrons. The number of hydrogen-bond donors (Lipinski definition) is 0. The van der Waals surface area contributed by atoms with Crippen LogP contribution >= 0.6 is 0 Å². The molecule has 0 amide bonds. The van der Waals surface area contributed by atoms with Crippen molar-refractivity contribution in [2.75, 3.05) is 4.90 Å². The number of fused-ring (bicyclic) bond motifs is 8. The van der Waals surface area contributed by atoms with Crippen LogP contribution in [0.4, 0.5) is 17.1 Å². The minimum absolute atomic E-state index is 0.135. The first kappa shape index (κ1) is 35.8. The molecule has 1 unspecified atom stereocenters. The molecule has 0 fully saturated rings. The molecule has 3 heteroatoms. The van der Waals surface area contributed by atoms with Crippen LogP contribution in [0.1, 0.15) is 22.7 Å². The van der Waals surface area contributed by atoms with Crippen LogP contribution in [0, 0.1) is 0 Å². The third-order valence-corrected chi connectivity index (χ3v) is 12.5. The fraction of sp³-hybridized carbons (Fsp3) is 0.0169. The Morgan fingerprint density at radius 3 is 1.55 bits per heavy atom. The molecule has 0 saturated heterocycles. The van der Waals surface area contributed by atoms with E-state index in [1.54, 1.807) is 0 Å². The standard InChI is InChI=1S/C59H39N3/c1-4-18-39(19-5-1)41-22-16-24-43(34-41)54-38-55(61-59(60-54)44-25-17-23-42(35-44)40-20-6-2-7-21-40)58-50-32-13-12-30-48(50)51-37-57-52(36-53(51)58)47-29-11-10-28-46(47)49-31-14-15-33-56(49)62(57)45-26-8-3-9-27-45/h1-38,58H. The molecule has 1 aliphatic heterocycles. The summed E-state index contributed by atoms with van der Waals surface area (Å²) in [5.74, 6) is 0.571. The van der Waals surface area contributed by atoms with Crippen molar-refractivity contribution >= 4 is 17.1 Å². The van der Waals surface area contributed by atoms with E-state index >= 15 is 0 Å². The van der Waals surface area contributed by atoms with Gasteiger partial charge in [-0.1, -0.05) is 182 Å². The van der Waals surface area contributed by atoms with Crippen molar-refractivity contribution in [3.8, 4) is 78.3 Å². The Morgan fingerprint density at radius 2 is 0.839 bits per heavy atom. The highest BCUT2D eigenvalue weighted by molar-refractivity contribution is 6.04. The molecule has 0 saturated carbocycles. The summed E-state index contributed by atoms with van der Waals surface area (Å²) in [6, 6.07) is 83.0. The SMILES string of the molecule is c1ccc(-c2cccc(-c3cc(C4c5ccccc5-c5cc6c(cc54)-c4ccccc4-c4ccccc4N6c4ccccc4)nc(-c4cccc(-c5ccccc5)c4)n3)c2)cc1. The third kappa shape index (κ3) is 6.05. The predicted octanol–water partition coefficient (Wildman–Crippen LogP) is 15.4. The zero-order chi connectivity index (χ0) is 41.0. The van der Waals surface area contributed by atoms with Crippen LogP contribution in [-0.2, 0) is 0 Å². The van der Waals surface area contributed by atoms with Crippen molar-refractivity contribution in [3.63, 3.8) is 0 Å². The molecule has 0 N–H and O–H groups in total. The molecule has 12 rings (SSSR count). The van der Waals surface area contributed by atoms with Gasteiger partial charge in [0.25, 0.3) is 0 Å². The summed E-state index contributed by atoms with van der Waals surface area (Å²) < 4.78 is 0.